The van der Waals surface area contributed by atoms with E-state index in [0.717, 1.165) is 31.6 Å². The molecule has 0 bridgehead atoms. The maximum atomic E-state index is 13.3. The Morgan fingerprint density at radius 2 is 1.65 bits per heavy atom. The molecule has 10 heteroatoms. The summed E-state index contributed by atoms with van der Waals surface area (Å²) in [6.45, 7) is 5.23. The molecular formula is C27H32N6O4. The predicted octanol–water partition coefficient (Wildman–Crippen LogP) is 2.52. The largest absolute Gasteiger partial charge is 0.453 e. The van der Waals surface area contributed by atoms with E-state index in [1.165, 1.54) is 7.11 Å². The lowest BCUT2D eigenvalue weighted by Gasteiger charge is -2.27. The number of methoxy groups -OCH3 is 1. The summed E-state index contributed by atoms with van der Waals surface area (Å²) in [5.74, 6) is -0.405. The van der Waals surface area contributed by atoms with Gasteiger partial charge in [0.2, 0.25) is 0 Å². The quantitative estimate of drug-likeness (QED) is 0.657. The Bertz CT molecular complexity index is 1170. The van der Waals surface area contributed by atoms with Gasteiger partial charge in [0.25, 0.3) is 11.8 Å². The third-order valence-electron chi connectivity index (χ3n) is 6.66. The number of anilines is 2. The molecule has 2 fully saturated rings. The van der Waals surface area contributed by atoms with Crippen molar-refractivity contribution in [2.75, 3.05) is 69.7 Å². The summed E-state index contributed by atoms with van der Waals surface area (Å²) in [6, 6.07) is 13.9. The van der Waals surface area contributed by atoms with Crippen LogP contribution in [0, 0.1) is 11.3 Å². The van der Waals surface area contributed by atoms with Gasteiger partial charge in [-0.1, -0.05) is 0 Å². The second kappa shape index (κ2) is 12.2. The minimum atomic E-state index is -0.357. The first-order valence-corrected chi connectivity index (χ1v) is 12.5. The molecule has 2 saturated heterocycles. The summed E-state index contributed by atoms with van der Waals surface area (Å²) in [6.07, 6.45) is 1.26. The minimum absolute atomic E-state index is 0.0724. The molecule has 2 aromatic carbocycles. The van der Waals surface area contributed by atoms with Crippen LogP contribution < -0.4 is 15.5 Å². The number of carbonyl (C=O) groups excluding carboxylic acids is 3. The highest BCUT2D eigenvalue weighted by Crippen LogP contribution is 2.30. The SMILES string of the molecule is COC(=O)N1CCCN(c2ccc(C(=O)N3CCCNCC3)cc2NC(=O)c2ccc(C#N)cc2)CC1. The van der Waals surface area contributed by atoms with E-state index in [-0.39, 0.29) is 17.9 Å². The van der Waals surface area contributed by atoms with Crippen LogP contribution in [0.1, 0.15) is 39.1 Å². The summed E-state index contributed by atoms with van der Waals surface area (Å²) in [5.41, 5.74) is 2.69. The van der Waals surface area contributed by atoms with Gasteiger partial charge in [-0.15, -0.1) is 0 Å². The fourth-order valence-electron chi connectivity index (χ4n) is 4.64. The molecule has 2 N–H and O–H groups in total. The third-order valence-corrected chi connectivity index (χ3v) is 6.66. The van der Waals surface area contributed by atoms with Crippen LogP contribution in [0.3, 0.4) is 0 Å². The zero-order chi connectivity index (χ0) is 26.2. The Hall–Kier alpha value is -4.10. The summed E-state index contributed by atoms with van der Waals surface area (Å²) in [7, 11) is 1.37. The molecule has 2 heterocycles. The number of hydrogen-bond acceptors (Lipinski definition) is 7. The van der Waals surface area contributed by atoms with E-state index >= 15 is 0 Å². The fraction of sp³-hybridized carbons (Fsp3) is 0.407. The van der Waals surface area contributed by atoms with Crippen LogP contribution in [0.15, 0.2) is 42.5 Å². The van der Waals surface area contributed by atoms with Gasteiger partial charge in [-0.2, -0.15) is 5.26 Å². The average Bonchev–Trinajstić information content (AvgIpc) is 3.36. The highest BCUT2D eigenvalue weighted by molar-refractivity contribution is 6.07. The number of nitrogens with zero attached hydrogens (tertiary/aromatic N) is 4. The van der Waals surface area contributed by atoms with Crippen LogP contribution in [0.5, 0.6) is 0 Å². The van der Waals surface area contributed by atoms with Crippen LogP contribution in [0.4, 0.5) is 16.2 Å². The van der Waals surface area contributed by atoms with Crippen molar-refractivity contribution in [3.05, 3.63) is 59.2 Å². The van der Waals surface area contributed by atoms with Gasteiger partial charge in [-0.05, 0) is 61.9 Å². The summed E-state index contributed by atoms with van der Waals surface area (Å²) in [4.78, 5) is 44.1. The monoisotopic (exact) mass is 504 g/mol. The maximum Gasteiger partial charge on any atom is 0.409 e. The van der Waals surface area contributed by atoms with Gasteiger partial charge in [-0.3, -0.25) is 9.59 Å². The molecule has 2 aromatic rings. The maximum absolute atomic E-state index is 13.3. The van der Waals surface area contributed by atoms with Crippen molar-refractivity contribution < 1.29 is 19.1 Å². The molecule has 37 heavy (non-hydrogen) atoms. The van der Waals surface area contributed by atoms with E-state index in [1.54, 1.807) is 41.3 Å². The lowest BCUT2D eigenvalue weighted by molar-refractivity contribution is 0.0766. The third kappa shape index (κ3) is 6.37. The van der Waals surface area contributed by atoms with E-state index in [1.807, 2.05) is 11.0 Å². The van der Waals surface area contributed by atoms with Crippen molar-refractivity contribution in [3.8, 4) is 6.07 Å². The van der Waals surface area contributed by atoms with Crippen molar-refractivity contribution in [2.45, 2.75) is 12.8 Å². The second-order valence-corrected chi connectivity index (χ2v) is 9.07. The lowest BCUT2D eigenvalue weighted by Crippen LogP contribution is -2.35. The molecule has 0 aliphatic carbocycles. The van der Waals surface area contributed by atoms with Crippen LogP contribution in [0.25, 0.3) is 0 Å². The number of amides is 3. The van der Waals surface area contributed by atoms with Gasteiger partial charge < -0.3 is 30.1 Å². The fourth-order valence-corrected chi connectivity index (χ4v) is 4.64. The van der Waals surface area contributed by atoms with E-state index in [2.05, 4.69) is 21.6 Å². The van der Waals surface area contributed by atoms with Crippen LogP contribution in [0.2, 0.25) is 0 Å². The molecule has 0 unspecified atom stereocenters. The second-order valence-electron chi connectivity index (χ2n) is 9.07. The first kappa shape index (κ1) is 26.0. The standard InChI is InChI=1S/C27H32N6O4/c1-37-27(36)33-14-3-13-31(16-17-33)24-9-8-22(26(35)32-12-2-10-29-11-15-32)18-23(24)30-25(34)21-6-4-20(19-28)5-7-21/h4-9,18,29H,2-3,10-17H2,1H3,(H,30,34). The number of nitriles is 1. The predicted molar refractivity (Wildman–Crippen MR) is 140 cm³/mol. The van der Waals surface area contributed by atoms with E-state index in [4.69, 9.17) is 10.00 Å². The Morgan fingerprint density at radius 3 is 2.41 bits per heavy atom. The Kier molecular flexibility index (Phi) is 8.59. The van der Waals surface area contributed by atoms with Crippen LogP contribution >= 0.6 is 0 Å². The van der Waals surface area contributed by atoms with Gasteiger partial charge in [0.05, 0.1) is 30.1 Å². The number of ether oxygens (including phenoxy) is 1. The van der Waals surface area contributed by atoms with Crippen molar-refractivity contribution >= 4 is 29.3 Å². The van der Waals surface area contributed by atoms with Gasteiger partial charge in [0.1, 0.15) is 0 Å². The topological polar surface area (TPSA) is 118 Å². The summed E-state index contributed by atoms with van der Waals surface area (Å²) < 4.78 is 4.88. The van der Waals surface area contributed by atoms with Crippen molar-refractivity contribution in [1.29, 1.82) is 5.26 Å². The van der Waals surface area contributed by atoms with Gasteiger partial charge in [0, 0.05) is 56.9 Å². The normalized spacial score (nSPS) is 16.3. The number of hydrogen-bond donors (Lipinski definition) is 2. The molecular weight excluding hydrogens is 472 g/mol. The van der Waals surface area contributed by atoms with Gasteiger partial charge in [-0.25, -0.2) is 4.79 Å². The van der Waals surface area contributed by atoms with Crippen molar-refractivity contribution in [2.24, 2.45) is 0 Å². The zero-order valence-corrected chi connectivity index (χ0v) is 21.0. The number of carbonyl (C=O) groups is 3. The summed E-state index contributed by atoms with van der Waals surface area (Å²) >= 11 is 0. The van der Waals surface area contributed by atoms with Gasteiger partial charge >= 0.3 is 6.09 Å². The molecule has 194 valence electrons. The van der Waals surface area contributed by atoms with Crippen LogP contribution in [-0.2, 0) is 4.74 Å². The minimum Gasteiger partial charge on any atom is -0.453 e. The lowest BCUT2D eigenvalue weighted by atomic mass is 10.1. The molecule has 0 atom stereocenters. The molecule has 0 aromatic heterocycles. The molecule has 4 rings (SSSR count). The Balaban J connectivity index is 1.62. The number of benzene rings is 2. The Morgan fingerprint density at radius 1 is 0.892 bits per heavy atom. The molecule has 0 spiro atoms. The van der Waals surface area contributed by atoms with E-state index in [0.29, 0.717) is 61.6 Å². The molecule has 3 amide bonds. The number of rotatable bonds is 4. The number of nitrogens with one attached hydrogen (secondary N) is 2. The molecule has 0 radical (unpaired) electrons. The van der Waals surface area contributed by atoms with E-state index in [9.17, 15) is 14.4 Å². The Labute approximate surface area is 216 Å². The molecule has 2 aliphatic heterocycles. The zero-order valence-electron chi connectivity index (χ0n) is 21.0. The molecule has 0 saturated carbocycles. The van der Waals surface area contributed by atoms with Crippen molar-refractivity contribution in [1.82, 2.24) is 15.1 Å². The first-order valence-electron chi connectivity index (χ1n) is 12.5. The van der Waals surface area contributed by atoms with E-state index < -0.39 is 0 Å². The average molecular weight is 505 g/mol. The summed E-state index contributed by atoms with van der Waals surface area (Å²) in [5, 5.41) is 15.3. The smallest absolute Gasteiger partial charge is 0.409 e. The molecule has 10 nitrogen and oxygen atoms in total. The van der Waals surface area contributed by atoms with Crippen molar-refractivity contribution in [3.63, 3.8) is 0 Å². The van der Waals surface area contributed by atoms with Gasteiger partial charge in [0.15, 0.2) is 0 Å². The molecule has 2 aliphatic rings. The highest BCUT2D eigenvalue weighted by atomic mass is 16.5. The van der Waals surface area contributed by atoms with Crippen LogP contribution in [-0.4, -0.2) is 87.2 Å². The first-order chi connectivity index (χ1) is 18.0. The highest BCUT2D eigenvalue weighted by Gasteiger charge is 2.24.